The number of aromatic hydroxyl groups is 1. The van der Waals surface area contributed by atoms with E-state index >= 15 is 0 Å². The Kier molecular flexibility index (Phi) is 5.27. The van der Waals surface area contributed by atoms with E-state index in [9.17, 15) is 14.7 Å². The highest BCUT2D eigenvalue weighted by Gasteiger charge is 2.35. The van der Waals surface area contributed by atoms with Gasteiger partial charge in [0.15, 0.2) is 5.11 Å². The van der Waals surface area contributed by atoms with Crippen molar-refractivity contribution in [2.75, 3.05) is 4.90 Å². The lowest BCUT2D eigenvalue weighted by atomic mass is 10.1. The third-order valence-electron chi connectivity index (χ3n) is 4.70. The average molecular weight is 482 g/mol. The van der Waals surface area contributed by atoms with Crippen molar-refractivity contribution >= 4 is 56.8 Å². The minimum Gasteiger partial charge on any atom is -0.508 e. The number of carbonyl (C=O) groups excluding carboxylic acids is 2. The molecule has 0 aliphatic carbocycles. The Hall–Kier alpha value is -3.23. The Morgan fingerprint density at radius 1 is 1.10 bits per heavy atom. The van der Waals surface area contributed by atoms with E-state index in [0.717, 1.165) is 15.7 Å². The molecule has 8 heteroatoms. The van der Waals surface area contributed by atoms with Crippen LogP contribution in [0.25, 0.3) is 11.8 Å². The summed E-state index contributed by atoms with van der Waals surface area (Å²) in [6.45, 7) is 1.87. The molecule has 150 valence electrons. The van der Waals surface area contributed by atoms with Gasteiger partial charge < -0.3 is 9.67 Å². The summed E-state index contributed by atoms with van der Waals surface area (Å²) < 4.78 is 2.69. The molecule has 0 radical (unpaired) electrons. The first kappa shape index (κ1) is 20.1. The molecule has 1 aliphatic rings. The number of phenols is 1. The summed E-state index contributed by atoms with van der Waals surface area (Å²) in [7, 11) is 0. The monoisotopic (exact) mass is 481 g/mol. The van der Waals surface area contributed by atoms with Gasteiger partial charge in [0.25, 0.3) is 11.8 Å². The van der Waals surface area contributed by atoms with Crippen LogP contribution >= 0.6 is 28.1 Å². The molecule has 1 saturated heterocycles. The van der Waals surface area contributed by atoms with Crippen LogP contribution in [0.3, 0.4) is 0 Å². The highest BCUT2D eigenvalue weighted by molar-refractivity contribution is 9.10. The minimum atomic E-state index is -0.547. The molecule has 0 saturated carbocycles. The Morgan fingerprint density at radius 3 is 2.53 bits per heavy atom. The lowest BCUT2D eigenvalue weighted by Crippen LogP contribution is -2.54. The average Bonchev–Trinajstić information content (AvgIpc) is 3.15. The van der Waals surface area contributed by atoms with Crippen LogP contribution in [0.2, 0.25) is 0 Å². The highest BCUT2D eigenvalue weighted by atomic mass is 79.9. The fraction of sp³-hybridized carbons (Fsp3) is 0.0455. The highest BCUT2D eigenvalue weighted by Crippen LogP contribution is 2.28. The normalized spacial score (nSPS) is 15.6. The van der Waals surface area contributed by atoms with Crippen LogP contribution < -0.4 is 10.2 Å². The molecule has 0 atom stereocenters. The number of halogens is 1. The van der Waals surface area contributed by atoms with Crippen molar-refractivity contribution < 1.29 is 14.7 Å². The molecule has 0 spiro atoms. The van der Waals surface area contributed by atoms with Gasteiger partial charge in [-0.25, -0.2) is 0 Å². The number of nitrogens with one attached hydrogen (secondary N) is 1. The second kappa shape index (κ2) is 7.89. The lowest BCUT2D eigenvalue weighted by molar-refractivity contribution is -0.122. The van der Waals surface area contributed by atoms with E-state index in [1.54, 1.807) is 36.4 Å². The third-order valence-corrected chi connectivity index (χ3v) is 5.48. The number of rotatable bonds is 3. The van der Waals surface area contributed by atoms with E-state index in [-0.39, 0.29) is 16.4 Å². The summed E-state index contributed by atoms with van der Waals surface area (Å²) in [4.78, 5) is 27.2. The van der Waals surface area contributed by atoms with Gasteiger partial charge in [-0.05, 0) is 85.4 Å². The van der Waals surface area contributed by atoms with Gasteiger partial charge in [-0.15, -0.1) is 0 Å². The molecular formula is C22H16BrN3O3S. The van der Waals surface area contributed by atoms with Gasteiger partial charge in [0.05, 0.1) is 5.69 Å². The second-order valence-corrected chi connectivity index (χ2v) is 8.01. The Bertz CT molecular complexity index is 1210. The van der Waals surface area contributed by atoms with E-state index in [0.29, 0.717) is 11.4 Å². The summed E-state index contributed by atoms with van der Waals surface area (Å²) >= 11 is 8.69. The minimum absolute atomic E-state index is 0.0235. The topological polar surface area (TPSA) is 74.6 Å². The number of thiocarbonyl (C=S) groups is 1. The van der Waals surface area contributed by atoms with Gasteiger partial charge in [-0.2, -0.15) is 0 Å². The van der Waals surface area contributed by atoms with Crippen LogP contribution in [0, 0.1) is 6.92 Å². The van der Waals surface area contributed by atoms with Crippen molar-refractivity contribution in [3.63, 3.8) is 0 Å². The standard InChI is InChI=1S/C22H16BrN3O3S/c1-13-11-14(23)4-9-19(13)26-21(29)18(20(28)24-22(26)30)12-16-3-2-10-25(16)15-5-7-17(27)8-6-15/h2-12,27H,1H3,(H,24,28,30)/b18-12+. The van der Waals surface area contributed by atoms with Crippen LogP contribution in [-0.2, 0) is 9.59 Å². The van der Waals surface area contributed by atoms with Crippen LogP contribution in [0.4, 0.5) is 5.69 Å². The molecule has 2 aromatic carbocycles. The molecule has 0 bridgehead atoms. The first-order chi connectivity index (χ1) is 14.3. The maximum absolute atomic E-state index is 13.3. The first-order valence-corrected chi connectivity index (χ1v) is 10.2. The van der Waals surface area contributed by atoms with Crippen LogP contribution in [0.15, 0.2) is 70.8 Å². The maximum atomic E-state index is 13.3. The summed E-state index contributed by atoms with van der Waals surface area (Å²) in [5.74, 6) is -0.885. The van der Waals surface area contributed by atoms with Crippen LogP contribution in [0.5, 0.6) is 5.75 Å². The molecule has 1 aliphatic heterocycles. The molecule has 30 heavy (non-hydrogen) atoms. The molecule has 6 nitrogen and oxygen atoms in total. The Labute approximate surface area is 186 Å². The molecule has 3 aromatic rings. The van der Waals surface area contributed by atoms with Gasteiger partial charge in [0, 0.05) is 22.1 Å². The van der Waals surface area contributed by atoms with Gasteiger partial charge in [0.2, 0.25) is 0 Å². The Balaban J connectivity index is 1.76. The summed E-state index contributed by atoms with van der Waals surface area (Å²) in [6.07, 6.45) is 3.35. The SMILES string of the molecule is Cc1cc(Br)ccc1N1C(=O)/C(=C/c2cccn2-c2ccc(O)cc2)C(=O)NC1=S. The molecule has 2 amide bonds. The smallest absolute Gasteiger partial charge is 0.270 e. The zero-order chi connectivity index (χ0) is 21.4. The number of hydrogen-bond acceptors (Lipinski definition) is 4. The predicted octanol–water partition coefficient (Wildman–Crippen LogP) is 4.09. The van der Waals surface area contributed by atoms with Crippen molar-refractivity contribution in [2.45, 2.75) is 6.92 Å². The largest absolute Gasteiger partial charge is 0.508 e. The Morgan fingerprint density at radius 2 is 1.83 bits per heavy atom. The van der Waals surface area contributed by atoms with Crippen LogP contribution in [-0.4, -0.2) is 26.6 Å². The van der Waals surface area contributed by atoms with E-state index < -0.39 is 11.8 Å². The number of anilines is 1. The number of hydrogen-bond donors (Lipinski definition) is 2. The lowest BCUT2D eigenvalue weighted by Gasteiger charge is -2.30. The predicted molar refractivity (Wildman–Crippen MR) is 123 cm³/mol. The molecular weight excluding hydrogens is 466 g/mol. The van der Waals surface area contributed by atoms with E-state index in [2.05, 4.69) is 21.2 Å². The molecule has 4 rings (SSSR count). The molecule has 1 fully saturated rings. The summed E-state index contributed by atoms with van der Waals surface area (Å²) in [6, 6.07) is 15.7. The summed E-state index contributed by atoms with van der Waals surface area (Å²) in [5.41, 5.74) is 2.84. The van der Waals surface area contributed by atoms with Crippen molar-refractivity contribution in [3.8, 4) is 11.4 Å². The first-order valence-electron chi connectivity index (χ1n) is 8.99. The van der Waals surface area contributed by atoms with E-state index in [1.807, 2.05) is 35.9 Å². The summed E-state index contributed by atoms with van der Waals surface area (Å²) in [5, 5.41) is 12.2. The number of carbonyl (C=O) groups is 2. The molecule has 2 N–H and O–H groups in total. The second-order valence-electron chi connectivity index (χ2n) is 6.71. The number of nitrogens with zero attached hydrogens (tertiary/aromatic N) is 2. The number of phenolic OH excluding ortho intramolecular Hbond substituents is 1. The fourth-order valence-electron chi connectivity index (χ4n) is 3.25. The number of amides is 2. The third kappa shape index (κ3) is 3.67. The molecule has 1 aromatic heterocycles. The van der Waals surface area contributed by atoms with Crippen molar-refractivity contribution in [2.24, 2.45) is 0 Å². The van der Waals surface area contributed by atoms with Gasteiger partial charge >= 0.3 is 0 Å². The maximum Gasteiger partial charge on any atom is 0.270 e. The molecule has 0 unspecified atom stereocenters. The van der Waals surface area contributed by atoms with E-state index in [1.165, 1.54) is 11.0 Å². The number of aryl methyl sites for hydroxylation is 1. The van der Waals surface area contributed by atoms with Crippen molar-refractivity contribution in [1.29, 1.82) is 0 Å². The van der Waals surface area contributed by atoms with Gasteiger partial charge in [-0.1, -0.05) is 15.9 Å². The van der Waals surface area contributed by atoms with Gasteiger partial charge in [0.1, 0.15) is 11.3 Å². The quantitative estimate of drug-likeness (QED) is 0.335. The fourth-order valence-corrected chi connectivity index (χ4v) is 4.00. The number of benzene rings is 2. The van der Waals surface area contributed by atoms with E-state index in [4.69, 9.17) is 12.2 Å². The van der Waals surface area contributed by atoms with Crippen LogP contribution in [0.1, 0.15) is 11.3 Å². The zero-order valence-electron chi connectivity index (χ0n) is 15.8. The van der Waals surface area contributed by atoms with Gasteiger partial charge in [-0.3, -0.25) is 19.8 Å². The number of aromatic nitrogens is 1. The zero-order valence-corrected chi connectivity index (χ0v) is 18.2. The van der Waals surface area contributed by atoms with Crippen molar-refractivity contribution in [1.82, 2.24) is 9.88 Å². The molecule has 2 heterocycles. The van der Waals surface area contributed by atoms with Crippen molar-refractivity contribution in [3.05, 3.63) is 82.1 Å².